The van der Waals surface area contributed by atoms with Crippen molar-refractivity contribution in [2.75, 3.05) is 13.7 Å². The number of carbonyl (C=O) groups excluding carboxylic acids is 1. The van der Waals surface area contributed by atoms with E-state index < -0.39 is 5.60 Å². The van der Waals surface area contributed by atoms with Crippen LogP contribution in [0.4, 0.5) is 0 Å². The van der Waals surface area contributed by atoms with Crippen LogP contribution in [0, 0.1) is 20.8 Å². The van der Waals surface area contributed by atoms with Crippen LogP contribution in [0.3, 0.4) is 0 Å². The van der Waals surface area contributed by atoms with Crippen molar-refractivity contribution in [1.82, 2.24) is 0 Å². The van der Waals surface area contributed by atoms with E-state index in [2.05, 4.69) is 20.8 Å². The van der Waals surface area contributed by atoms with Gasteiger partial charge < -0.3 is 14.2 Å². The number of benzene rings is 1. The van der Waals surface area contributed by atoms with Gasteiger partial charge in [-0.15, -0.1) is 0 Å². The third-order valence-electron chi connectivity index (χ3n) is 5.85. The van der Waals surface area contributed by atoms with Crippen LogP contribution in [0.5, 0.6) is 11.5 Å². The number of hydrogen-bond donors (Lipinski definition) is 0. The first-order valence-electron chi connectivity index (χ1n) is 10.4. The van der Waals surface area contributed by atoms with Gasteiger partial charge in [-0.1, -0.05) is 39.0 Å². The van der Waals surface area contributed by atoms with Gasteiger partial charge in [-0.25, -0.2) is 4.79 Å². The lowest BCUT2D eigenvalue weighted by atomic mass is 9.87. The van der Waals surface area contributed by atoms with E-state index in [4.69, 9.17) is 14.2 Å². The van der Waals surface area contributed by atoms with Crippen LogP contribution in [-0.2, 0) is 16.0 Å². The first-order chi connectivity index (χ1) is 12.9. The molecule has 1 aliphatic rings. The SMILES string of the molecule is CCCCCCCCOc1c(C)c(C)c2c(c1C)CCC(C)(C(=O)OC)O2. The Kier molecular flexibility index (Phi) is 7.58. The molecule has 0 N–H and O–H groups in total. The first-order valence-corrected chi connectivity index (χ1v) is 10.4. The van der Waals surface area contributed by atoms with Crippen LogP contribution in [0.1, 0.15) is 81.0 Å². The predicted octanol–water partition coefficient (Wildman–Crippen LogP) is 5.61. The van der Waals surface area contributed by atoms with Gasteiger partial charge in [0, 0.05) is 12.0 Å². The molecule has 0 aromatic heterocycles. The van der Waals surface area contributed by atoms with E-state index in [1.165, 1.54) is 39.2 Å². The van der Waals surface area contributed by atoms with Gasteiger partial charge in [0.1, 0.15) is 11.5 Å². The zero-order valence-electron chi connectivity index (χ0n) is 18.0. The number of esters is 1. The average Bonchev–Trinajstić information content (AvgIpc) is 2.67. The maximum absolute atomic E-state index is 12.1. The Morgan fingerprint density at radius 1 is 1.04 bits per heavy atom. The zero-order chi connectivity index (χ0) is 20.0. The molecule has 0 amide bonds. The fraction of sp³-hybridized carbons (Fsp3) is 0.696. The van der Waals surface area contributed by atoms with E-state index in [0.717, 1.165) is 53.2 Å². The highest BCUT2D eigenvalue weighted by atomic mass is 16.6. The van der Waals surface area contributed by atoms with Gasteiger partial charge in [-0.05, 0) is 57.2 Å². The molecular formula is C23H36O4. The molecule has 0 aliphatic carbocycles. The summed E-state index contributed by atoms with van der Waals surface area (Å²) in [6.07, 6.45) is 8.95. The minimum atomic E-state index is -0.910. The second-order valence-corrected chi connectivity index (χ2v) is 7.95. The number of unbranched alkanes of at least 4 members (excludes halogenated alkanes) is 5. The minimum absolute atomic E-state index is 0.314. The zero-order valence-corrected chi connectivity index (χ0v) is 18.0. The Balaban J connectivity index is 2.10. The average molecular weight is 377 g/mol. The van der Waals surface area contributed by atoms with Crippen molar-refractivity contribution in [3.8, 4) is 11.5 Å². The largest absolute Gasteiger partial charge is 0.493 e. The summed E-state index contributed by atoms with van der Waals surface area (Å²) in [6, 6.07) is 0. The van der Waals surface area contributed by atoms with Gasteiger partial charge >= 0.3 is 5.97 Å². The second kappa shape index (κ2) is 9.48. The van der Waals surface area contributed by atoms with Crippen molar-refractivity contribution >= 4 is 5.97 Å². The molecule has 1 heterocycles. The molecule has 152 valence electrons. The molecule has 0 saturated carbocycles. The summed E-state index contributed by atoms with van der Waals surface area (Å²) >= 11 is 0. The van der Waals surface area contributed by atoms with Gasteiger partial charge in [0.15, 0.2) is 0 Å². The van der Waals surface area contributed by atoms with Crippen molar-refractivity contribution < 1.29 is 19.0 Å². The summed E-state index contributed by atoms with van der Waals surface area (Å²) in [7, 11) is 1.41. The summed E-state index contributed by atoms with van der Waals surface area (Å²) in [6.45, 7) is 11.0. The third-order valence-corrected chi connectivity index (χ3v) is 5.85. The van der Waals surface area contributed by atoms with E-state index in [1.54, 1.807) is 0 Å². The fourth-order valence-corrected chi connectivity index (χ4v) is 3.87. The fourth-order valence-electron chi connectivity index (χ4n) is 3.87. The smallest absolute Gasteiger partial charge is 0.349 e. The monoisotopic (exact) mass is 376 g/mol. The first kappa shape index (κ1) is 21.6. The quantitative estimate of drug-likeness (QED) is 0.415. The van der Waals surface area contributed by atoms with Gasteiger partial charge in [0.05, 0.1) is 13.7 Å². The molecule has 4 heteroatoms. The van der Waals surface area contributed by atoms with Gasteiger partial charge in [-0.2, -0.15) is 0 Å². The number of fused-ring (bicyclic) bond motifs is 1. The summed E-state index contributed by atoms with van der Waals surface area (Å²) in [4.78, 5) is 12.1. The molecule has 0 fully saturated rings. The Hall–Kier alpha value is -1.71. The number of ether oxygens (including phenoxy) is 3. The highest BCUT2D eigenvalue weighted by Crippen LogP contribution is 2.44. The third kappa shape index (κ3) is 4.77. The highest BCUT2D eigenvalue weighted by Gasteiger charge is 2.41. The van der Waals surface area contributed by atoms with Crippen LogP contribution in [0.2, 0.25) is 0 Å². The van der Waals surface area contributed by atoms with Crippen molar-refractivity contribution in [3.05, 3.63) is 22.3 Å². The maximum Gasteiger partial charge on any atom is 0.349 e. The topological polar surface area (TPSA) is 44.8 Å². The molecule has 0 saturated heterocycles. The van der Waals surface area contributed by atoms with Crippen molar-refractivity contribution in [1.29, 1.82) is 0 Å². The van der Waals surface area contributed by atoms with Crippen molar-refractivity contribution in [3.63, 3.8) is 0 Å². The second-order valence-electron chi connectivity index (χ2n) is 7.95. The molecule has 1 unspecified atom stereocenters. The normalized spacial score (nSPS) is 18.6. The Morgan fingerprint density at radius 2 is 1.70 bits per heavy atom. The number of carbonyl (C=O) groups is 1. The van der Waals surface area contributed by atoms with E-state index in [-0.39, 0.29) is 5.97 Å². The highest BCUT2D eigenvalue weighted by molar-refractivity contribution is 5.80. The van der Waals surface area contributed by atoms with E-state index in [0.29, 0.717) is 6.42 Å². The molecule has 0 bridgehead atoms. The lowest BCUT2D eigenvalue weighted by Crippen LogP contribution is -2.45. The molecular weight excluding hydrogens is 340 g/mol. The molecule has 2 rings (SSSR count). The van der Waals surface area contributed by atoms with Crippen molar-refractivity contribution in [2.24, 2.45) is 0 Å². The van der Waals surface area contributed by atoms with Gasteiger partial charge in [0.2, 0.25) is 5.60 Å². The van der Waals surface area contributed by atoms with Gasteiger partial charge in [0.25, 0.3) is 0 Å². The van der Waals surface area contributed by atoms with Crippen LogP contribution in [0.25, 0.3) is 0 Å². The predicted molar refractivity (Wildman–Crippen MR) is 109 cm³/mol. The van der Waals surface area contributed by atoms with Crippen LogP contribution < -0.4 is 9.47 Å². The molecule has 27 heavy (non-hydrogen) atoms. The van der Waals surface area contributed by atoms with E-state index in [9.17, 15) is 4.79 Å². The maximum atomic E-state index is 12.1. The van der Waals surface area contributed by atoms with E-state index in [1.807, 2.05) is 13.8 Å². The molecule has 0 spiro atoms. The molecule has 1 aliphatic heterocycles. The minimum Gasteiger partial charge on any atom is -0.493 e. The summed E-state index contributed by atoms with van der Waals surface area (Å²) in [5.41, 5.74) is 3.56. The van der Waals surface area contributed by atoms with Crippen molar-refractivity contribution in [2.45, 2.75) is 91.6 Å². The lowest BCUT2D eigenvalue weighted by Gasteiger charge is -2.36. The van der Waals surface area contributed by atoms with Crippen LogP contribution >= 0.6 is 0 Å². The summed E-state index contributed by atoms with van der Waals surface area (Å²) < 4.78 is 17.3. The lowest BCUT2D eigenvalue weighted by molar-refractivity contribution is -0.159. The molecule has 1 atom stereocenters. The Labute approximate surface area is 164 Å². The number of methoxy groups -OCH3 is 1. The van der Waals surface area contributed by atoms with Crippen LogP contribution in [0.15, 0.2) is 0 Å². The number of hydrogen-bond acceptors (Lipinski definition) is 4. The molecule has 1 aromatic rings. The summed E-state index contributed by atoms with van der Waals surface area (Å²) in [5, 5.41) is 0. The standard InChI is InChI=1S/C23H36O4/c1-7-8-9-10-11-12-15-26-20-16(2)17(3)21-19(18(20)4)13-14-23(5,27-21)22(24)25-6/h7-15H2,1-6H3. The number of rotatable bonds is 9. The Morgan fingerprint density at radius 3 is 2.37 bits per heavy atom. The molecule has 1 aromatic carbocycles. The summed E-state index contributed by atoms with van der Waals surface area (Å²) in [5.74, 6) is 1.51. The molecule has 4 nitrogen and oxygen atoms in total. The Bertz CT molecular complexity index is 665. The van der Waals surface area contributed by atoms with Gasteiger partial charge in [-0.3, -0.25) is 0 Å². The van der Waals surface area contributed by atoms with Crippen LogP contribution in [-0.4, -0.2) is 25.3 Å². The van der Waals surface area contributed by atoms with E-state index >= 15 is 0 Å². The molecule has 0 radical (unpaired) electrons.